The van der Waals surface area contributed by atoms with Crippen LogP contribution in [0.2, 0.25) is 0 Å². The van der Waals surface area contributed by atoms with E-state index in [0.717, 1.165) is 26.6 Å². The van der Waals surface area contributed by atoms with Crippen molar-refractivity contribution in [3.63, 3.8) is 0 Å². The predicted octanol–water partition coefficient (Wildman–Crippen LogP) is 5.06. The third-order valence-electron chi connectivity index (χ3n) is 4.95. The Labute approximate surface area is 174 Å². The zero-order chi connectivity index (χ0) is 20.4. The van der Waals surface area contributed by atoms with Gasteiger partial charge in [-0.25, -0.2) is 0 Å². The van der Waals surface area contributed by atoms with Crippen LogP contribution in [0.4, 0.5) is 5.69 Å². The van der Waals surface area contributed by atoms with Crippen molar-refractivity contribution in [2.75, 3.05) is 11.4 Å². The molecule has 0 spiro atoms. The van der Waals surface area contributed by atoms with Crippen LogP contribution in [0.3, 0.4) is 0 Å². The Morgan fingerprint density at radius 3 is 2.62 bits per heavy atom. The van der Waals surface area contributed by atoms with Crippen molar-refractivity contribution in [1.82, 2.24) is 5.32 Å². The van der Waals surface area contributed by atoms with E-state index in [1.807, 2.05) is 74.5 Å². The van der Waals surface area contributed by atoms with Crippen molar-refractivity contribution in [2.45, 2.75) is 30.2 Å². The first kappa shape index (κ1) is 19.3. The van der Waals surface area contributed by atoms with E-state index in [4.69, 9.17) is 0 Å². The molecule has 0 aromatic heterocycles. The Kier molecular flexibility index (Phi) is 5.41. The maximum absolute atomic E-state index is 13.1. The van der Waals surface area contributed by atoms with Crippen molar-refractivity contribution in [3.05, 3.63) is 89.0 Å². The minimum Gasteiger partial charge on any atom is -0.348 e. The average molecular weight is 403 g/mol. The van der Waals surface area contributed by atoms with E-state index in [-0.39, 0.29) is 11.8 Å². The highest BCUT2D eigenvalue weighted by Crippen LogP contribution is 2.41. The Balaban J connectivity index is 1.61. The van der Waals surface area contributed by atoms with E-state index in [9.17, 15) is 9.59 Å². The quantitative estimate of drug-likeness (QED) is 0.664. The molecule has 3 aromatic carbocycles. The number of anilines is 1. The van der Waals surface area contributed by atoms with Crippen LogP contribution in [0.25, 0.3) is 0 Å². The molecule has 0 saturated carbocycles. The molecule has 1 aliphatic rings. The van der Waals surface area contributed by atoms with Gasteiger partial charge in [0.1, 0.15) is 0 Å². The summed E-state index contributed by atoms with van der Waals surface area (Å²) < 4.78 is 0. The highest BCUT2D eigenvalue weighted by Gasteiger charge is 2.26. The molecular weight excluding hydrogens is 380 g/mol. The summed E-state index contributed by atoms with van der Waals surface area (Å²) in [6.45, 7) is 4.98. The summed E-state index contributed by atoms with van der Waals surface area (Å²) in [5.74, 6) is -0.184. The largest absolute Gasteiger partial charge is 0.348 e. The molecule has 4 nitrogen and oxygen atoms in total. The van der Waals surface area contributed by atoms with Gasteiger partial charge in [0.2, 0.25) is 0 Å². The average Bonchev–Trinajstić information content (AvgIpc) is 2.85. The topological polar surface area (TPSA) is 49.4 Å². The summed E-state index contributed by atoms with van der Waals surface area (Å²) in [6, 6.07) is 21.3. The first-order valence-corrected chi connectivity index (χ1v) is 10.4. The zero-order valence-electron chi connectivity index (χ0n) is 16.4. The lowest BCUT2D eigenvalue weighted by Crippen LogP contribution is -2.31. The molecular formula is C24H22N2O2S. The molecule has 0 bridgehead atoms. The van der Waals surface area contributed by atoms with E-state index in [1.165, 1.54) is 0 Å². The molecule has 1 aliphatic heterocycles. The normalized spacial score (nSPS) is 12.8. The lowest BCUT2D eigenvalue weighted by molar-refractivity contribution is 0.0947. The summed E-state index contributed by atoms with van der Waals surface area (Å²) in [6.07, 6.45) is 0. The third-order valence-corrected chi connectivity index (χ3v) is 6.09. The van der Waals surface area contributed by atoms with Gasteiger partial charge >= 0.3 is 0 Å². The zero-order valence-corrected chi connectivity index (χ0v) is 17.3. The molecule has 3 aromatic rings. The van der Waals surface area contributed by atoms with Crippen molar-refractivity contribution in [3.8, 4) is 0 Å². The van der Waals surface area contributed by atoms with Crippen LogP contribution < -0.4 is 10.2 Å². The van der Waals surface area contributed by atoms with Gasteiger partial charge in [0.15, 0.2) is 0 Å². The summed E-state index contributed by atoms with van der Waals surface area (Å²) in [4.78, 5) is 29.5. The number of fused-ring (bicyclic) bond motifs is 2. The molecule has 2 amide bonds. The van der Waals surface area contributed by atoms with Gasteiger partial charge < -0.3 is 10.2 Å². The molecule has 29 heavy (non-hydrogen) atoms. The summed E-state index contributed by atoms with van der Waals surface area (Å²) in [5, 5.41) is 2.98. The summed E-state index contributed by atoms with van der Waals surface area (Å²) in [5.41, 5.74) is 4.25. The number of carbonyl (C=O) groups excluding carboxylic acids is 2. The van der Waals surface area contributed by atoms with Gasteiger partial charge in [-0.3, -0.25) is 9.59 Å². The molecule has 5 heteroatoms. The lowest BCUT2D eigenvalue weighted by atomic mass is 10.1. The highest BCUT2D eigenvalue weighted by atomic mass is 32.2. The molecule has 146 valence electrons. The van der Waals surface area contributed by atoms with Crippen molar-refractivity contribution in [1.29, 1.82) is 0 Å². The van der Waals surface area contributed by atoms with Crippen LogP contribution >= 0.6 is 11.8 Å². The Hall–Kier alpha value is -3.05. The number of aryl methyl sites for hydroxylation is 1. The maximum atomic E-state index is 13.1. The number of hydrogen-bond donors (Lipinski definition) is 1. The van der Waals surface area contributed by atoms with Crippen LogP contribution in [-0.4, -0.2) is 18.4 Å². The molecule has 0 atom stereocenters. The second-order valence-electron chi connectivity index (χ2n) is 7.00. The number of hydrogen-bond acceptors (Lipinski definition) is 3. The molecule has 0 saturated heterocycles. The molecule has 0 fully saturated rings. The summed E-state index contributed by atoms with van der Waals surface area (Å²) >= 11 is 1.56. The van der Waals surface area contributed by atoms with Gasteiger partial charge in [-0.1, -0.05) is 53.7 Å². The first-order chi connectivity index (χ1) is 14.1. The highest BCUT2D eigenvalue weighted by molar-refractivity contribution is 7.99. The number of rotatable bonds is 4. The maximum Gasteiger partial charge on any atom is 0.259 e. The van der Waals surface area contributed by atoms with E-state index < -0.39 is 0 Å². The smallest absolute Gasteiger partial charge is 0.259 e. The fraction of sp³-hybridized carbons (Fsp3) is 0.167. The molecule has 4 rings (SSSR count). The van der Waals surface area contributed by atoms with Gasteiger partial charge in [-0.2, -0.15) is 0 Å². The Morgan fingerprint density at radius 1 is 1.00 bits per heavy atom. The third kappa shape index (κ3) is 3.91. The van der Waals surface area contributed by atoms with E-state index >= 15 is 0 Å². The molecule has 0 unspecified atom stereocenters. The SMILES string of the molecule is CCN1C(=O)c2ccccc2Sc2ccc(C(=O)NCc3cccc(C)c3)cc21. The van der Waals surface area contributed by atoms with Crippen LogP contribution in [0.15, 0.2) is 76.5 Å². The van der Waals surface area contributed by atoms with Crippen LogP contribution in [0, 0.1) is 6.92 Å². The number of nitrogens with zero attached hydrogens (tertiary/aromatic N) is 1. The second kappa shape index (κ2) is 8.13. The van der Waals surface area contributed by atoms with Crippen molar-refractivity contribution in [2.24, 2.45) is 0 Å². The Bertz CT molecular complexity index is 1090. The van der Waals surface area contributed by atoms with Gasteiger partial charge in [-0.15, -0.1) is 0 Å². The van der Waals surface area contributed by atoms with Crippen LogP contribution in [0.1, 0.15) is 38.8 Å². The fourth-order valence-electron chi connectivity index (χ4n) is 3.48. The standard InChI is InChI=1S/C24H22N2O2S/c1-3-26-20-14-18(23(27)25-15-17-8-6-7-16(2)13-17)11-12-22(20)29-21-10-5-4-9-19(21)24(26)28/h4-14H,3,15H2,1-2H3,(H,25,27). The Morgan fingerprint density at radius 2 is 1.83 bits per heavy atom. The first-order valence-electron chi connectivity index (χ1n) is 9.63. The predicted molar refractivity (Wildman–Crippen MR) is 117 cm³/mol. The van der Waals surface area contributed by atoms with Gasteiger partial charge in [0.05, 0.1) is 11.3 Å². The van der Waals surface area contributed by atoms with Crippen molar-refractivity contribution >= 4 is 29.3 Å². The molecule has 1 N–H and O–H groups in total. The van der Waals surface area contributed by atoms with Crippen molar-refractivity contribution < 1.29 is 9.59 Å². The van der Waals surface area contributed by atoms with Gasteiger partial charge in [-0.05, 0) is 49.7 Å². The van der Waals surface area contributed by atoms with E-state index in [2.05, 4.69) is 11.4 Å². The minimum atomic E-state index is -0.149. The molecule has 0 aliphatic carbocycles. The van der Waals surface area contributed by atoms with E-state index in [1.54, 1.807) is 16.7 Å². The van der Waals surface area contributed by atoms with E-state index in [0.29, 0.717) is 24.2 Å². The van der Waals surface area contributed by atoms with Crippen LogP contribution in [0.5, 0.6) is 0 Å². The van der Waals surface area contributed by atoms with Gasteiger partial charge in [0, 0.05) is 28.4 Å². The summed E-state index contributed by atoms with van der Waals surface area (Å²) in [7, 11) is 0. The van der Waals surface area contributed by atoms with Gasteiger partial charge in [0.25, 0.3) is 11.8 Å². The number of nitrogens with one attached hydrogen (secondary N) is 1. The van der Waals surface area contributed by atoms with Crippen LogP contribution in [-0.2, 0) is 6.54 Å². The molecule has 0 radical (unpaired) electrons. The fourth-order valence-corrected chi connectivity index (χ4v) is 4.54. The monoisotopic (exact) mass is 402 g/mol. The molecule has 1 heterocycles. The minimum absolute atomic E-state index is 0.0355. The second-order valence-corrected chi connectivity index (χ2v) is 8.09. The number of carbonyl (C=O) groups is 2. The number of amides is 2. The number of benzene rings is 3. The lowest BCUT2D eigenvalue weighted by Gasteiger charge is -2.21.